The van der Waals surface area contributed by atoms with Gasteiger partial charge >= 0.3 is 5.69 Å². The predicted molar refractivity (Wildman–Crippen MR) is 137 cm³/mol. The van der Waals surface area contributed by atoms with E-state index in [9.17, 15) is 9.59 Å². The fraction of sp³-hybridized carbons (Fsp3) is 0.269. The second-order valence-electron chi connectivity index (χ2n) is 8.54. The van der Waals surface area contributed by atoms with Gasteiger partial charge in [0.2, 0.25) is 5.78 Å². The lowest BCUT2D eigenvalue weighted by molar-refractivity contribution is 0.354. The number of hydrogen-bond acceptors (Lipinski definition) is 6. The third kappa shape index (κ3) is 4.01. The Labute approximate surface area is 205 Å². The Morgan fingerprint density at radius 3 is 2.54 bits per heavy atom. The van der Waals surface area contributed by atoms with E-state index >= 15 is 0 Å². The van der Waals surface area contributed by atoms with Crippen molar-refractivity contribution in [2.45, 2.75) is 33.4 Å². The first-order valence-corrected chi connectivity index (χ1v) is 12.2. The van der Waals surface area contributed by atoms with Crippen molar-refractivity contribution in [1.82, 2.24) is 18.7 Å². The maximum Gasteiger partial charge on any atom is 0.352 e. The summed E-state index contributed by atoms with van der Waals surface area (Å²) < 4.78 is 15.9. The van der Waals surface area contributed by atoms with Crippen LogP contribution in [0.25, 0.3) is 16.0 Å². The summed E-state index contributed by atoms with van der Waals surface area (Å²) >= 11 is 1.34. The molecule has 0 atom stereocenters. The topological polar surface area (TPSA) is 79.8 Å². The number of aryl methyl sites for hydroxylation is 4. The lowest BCUT2D eigenvalue weighted by atomic mass is 10.1. The third-order valence-electron chi connectivity index (χ3n) is 6.29. The van der Waals surface area contributed by atoms with Gasteiger partial charge in [0, 0.05) is 6.54 Å². The highest BCUT2D eigenvalue weighted by Crippen LogP contribution is 2.28. The zero-order valence-electron chi connectivity index (χ0n) is 20.1. The summed E-state index contributed by atoms with van der Waals surface area (Å²) in [4.78, 5) is 26.8. The Kier molecular flexibility index (Phi) is 5.94. The minimum Gasteiger partial charge on any atom is -0.493 e. The van der Waals surface area contributed by atoms with Crippen LogP contribution in [0.1, 0.15) is 22.3 Å². The van der Waals surface area contributed by atoms with E-state index in [1.807, 2.05) is 49.6 Å². The molecule has 180 valence electrons. The quantitative estimate of drug-likeness (QED) is 0.347. The molecule has 0 unspecified atom stereocenters. The number of thiophene rings is 1. The van der Waals surface area contributed by atoms with E-state index in [2.05, 4.69) is 11.2 Å². The number of hydrogen-bond donors (Lipinski definition) is 0. The average Bonchev–Trinajstić information content (AvgIpc) is 3.46. The van der Waals surface area contributed by atoms with Gasteiger partial charge in [-0.3, -0.25) is 9.36 Å². The molecule has 0 amide bonds. The number of ether oxygens (including phenoxy) is 2. The highest BCUT2D eigenvalue weighted by atomic mass is 32.1. The van der Waals surface area contributed by atoms with Gasteiger partial charge in [0.15, 0.2) is 11.5 Å². The molecule has 0 aliphatic heterocycles. The molecule has 35 heavy (non-hydrogen) atoms. The fourth-order valence-corrected chi connectivity index (χ4v) is 5.17. The third-order valence-corrected chi connectivity index (χ3v) is 7.18. The molecular weight excluding hydrogens is 464 g/mol. The molecule has 8 nitrogen and oxygen atoms in total. The van der Waals surface area contributed by atoms with Gasteiger partial charge in [0.1, 0.15) is 4.70 Å². The van der Waals surface area contributed by atoms with Crippen LogP contribution in [0.5, 0.6) is 11.5 Å². The largest absolute Gasteiger partial charge is 0.493 e. The Hall–Kier alpha value is -3.85. The van der Waals surface area contributed by atoms with Crippen molar-refractivity contribution in [1.29, 1.82) is 0 Å². The van der Waals surface area contributed by atoms with Gasteiger partial charge in [-0.05, 0) is 60.5 Å². The molecule has 0 aliphatic rings. The van der Waals surface area contributed by atoms with Crippen molar-refractivity contribution >= 4 is 27.3 Å². The molecule has 0 fully saturated rings. The molecule has 0 saturated heterocycles. The zero-order valence-corrected chi connectivity index (χ0v) is 20.9. The average molecular weight is 491 g/mol. The maximum absolute atomic E-state index is 13.5. The minimum absolute atomic E-state index is 0.146. The van der Waals surface area contributed by atoms with Crippen LogP contribution in [0.3, 0.4) is 0 Å². The van der Waals surface area contributed by atoms with Gasteiger partial charge in [0.25, 0.3) is 5.56 Å². The number of rotatable bonds is 7. The summed E-state index contributed by atoms with van der Waals surface area (Å²) in [5.74, 6) is 1.62. The summed E-state index contributed by atoms with van der Waals surface area (Å²) in [6.45, 7) is 4.75. The minimum atomic E-state index is -0.260. The molecule has 3 heterocycles. The Balaban J connectivity index is 1.60. The molecule has 2 aromatic carbocycles. The van der Waals surface area contributed by atoms with Crippen LogP contribution < -0.4 is 20.7 Å². The molecule has 0 aliphatic carbocycles. The zero-order chi connectivity index (χ0) is 24.7. The molecule has 5 rings (SSSR count). The lowest BCUT2D eigenvalue weighted by Gasteiger charge is -2.11. The second kappa shape index (κ2) is 9.07. The first-order valence-electron chi connectivity index (χ1n) is 11.3. The molecule has 9 heteroatoms. The number of methoxy groups -OCH3 is 2. The van der Waals surface area contributed by atoms with Gasteiger partial charge in [-0.15, -0.1) is 16.4 Å². The van der Waals surface area contributed by atoms with Gasteiger partial charge < -0.3 is 9.47 Å². The van der Waals surface area contributed by atoms with Gasteiger partial charge in [0.05, 0.1) is 26.3 Å². The second-order valence-corrected chi connectivity index (χ2v) is 9.45. The van der Waals surface area contributed by atoms with Crippen LogP contribution >= 0.6 is 11.3 Å². The fourth-order valence-electron chi connectivity index (χ4n) is 4.35. The van der Waals surface area contributed by atoms with Crippen molar-refractivity contribution in [2.24, 2.45) is 0 Å². The molecule has 3 aromatic heterocycles. The first kappa shape index (κ1) is 22.9. The number of nitrogens with zero attached hydrogens (tertiary/aromatic N) is 4. The van der Waals surface area contributed by atoms with E-state index in [1.165, 1.54) is 16.0 Å². The van der Waals surface area contributed by atoms with Crippen molar-refractivity contribution in [3.05, 3.63) is 90.9 Å². The highest BCUT2D eigenvalue weighted by Gasteiger charge is 2.19. The van der Waals surface area contributed by atoms with Gasteiger partial charge in [-0.25, -0.2) is 13.9 Å². The maximum atomic E-state index is 13.5. The molecular formula is C26H26N4O4S. The van der Waals surface area contributed by atoms with Gasteiger partial charge in [-0.1, -0.05) is 29.8 Å². The normalized spacial score (nSPS) is 11.4. The van der Waals surface area contributed by atoms with Crippen LogP contribution in [-0.4, -0.2) is 33.0 Å². The number of benzene rings is 2. The van der Waals surface area contributed by atoms with Crippen molar-refractivity contribution in [3.8, 4) is 11.5 Å². The number of fused-ring (bicyclic) bond motifs is 3. The van der Waals surface area contributed by atoms with E-state index in [1.54, 1.807) is 29.3 Å². The first-order chi connectivity index (χ1) is 16.9. The van der Waals surface area contributed by atoms with Crippen molar-refractivity contribution in [2.75, 3.05) is 14.2 Å². The lowest BCUT2D eigenvalue weighted by Crippen LogP contribution is -2.26. The van der Waals surface area contributed by atoms with Crippen LogP contribution in [0.4, 0.5) is 0 Å². The standard InChI is InChI=1S/C26H26N4O4S/c1-16-5-6-17(2)19(13-16)15-29-26(32)30-20-10-12-35-23(20)24(31)28(25(30)27-29)11-9-18-7-8-21(33-3)22(14-18)34-4/h5-8,10,12-14H,9,11,15H2,1-4H3. The summed E-state index contributed by atoms with van der Waals surface area (Å²) in [7, 11) is 3.19. The van der Waals surface area contributed by atoms with E-state index < -0.39 is 0 Å². The summed E-state index contributed by atoms with van der Waals surface area (Å²) in [5.41, 5.74) is 4.40. The number of aromatic nitrogens is 4. The Morgan fingerprint density at radius 2 is 1.77 bits per heavy atom. The molecule has 0 N–H and O–H groups in total. The Bertz CT molecular complexity index is 1680. The molecule has 0 spiro atoms. The molecule has 0 saturated carbocycles. The summed E-state index contributed by atoms with van der Waals surface area (Å²) in [6.07, 6.45) is 0.560. The molecule has 0 radical (unpaired) electrons. The summed E-state index contributed by atoms with van der Waals surface area (Å²) in [5, 5.41) is 6.46. The summed E-state index contributed by atoms with van der Waals surface area (Å²) in [6, 6.07) is 13.6. The van der Waals surface area contributed by atoms with E-state index in [-0.39, 0.29) is 11.2 Å². The highest BCUT2D eigenvalue weighted by molar-refractivity contribution is 7.17. The van der Waals surface area contributed by atoms with Crippen LogP contribution in [0.2, 0.25) is 0 Å². The van der Waals surface area contributed by atoms with Crippen LogP contribution in [0, 0.1) is 13.8 Å². The van der Waals surface area contributed by atoms with Crippen molar-refractivity contribution < 1.29 is 9.47 Å². The van der Waals surface area contributed by atoms with Crippen LogP contribution in [-0.2, 0) is 19.5 Å². The van der Waals surface area contributed by atoms with Crippen LogP contribution in [0.15, 0.2) is 57.4 Å². The molecule has 0 bridgehead atoms. The predicted octanol–water partition coefficient (Wildman–Crippen LogP) is 3.80. The smallest absolute Gasteiger partial charge is 0.352 e. The van der Waals surface area contributed by atoms with E-state index in [0.717, 1.165) is 22.3 Å². The van der Waals surface area contributed by atoms with E-state index in [0.29, 0.717) is 47.0 Å². The van der Waals surface area contributed by atoms with Crippen molar-refractivity contribution in [3.63, 3.8) is 0 Å². The van der Waals surface area contributed by atoms with Gasteiger partial charge in [-0.2, -0.15) is 0 Å². The Morgan fingerprint density at radius 1 is 0.971 bits per heavy atom. The van der Waals surface area contributed by atoms with E-state index in [4.69, 9.17) is 9.47 Å². The SMILES string of the molecule is COc1ccc(CCn2c(=O)c3sccc3n3c(=O)n(Cc4cc(C)ccc4C)nc23)cc1OC. The monoisotopic (exact) mass is 490 g/mol. The molecule has 5 aromatic rings.